The fourth-order valence-corrected chi connectivity index (χ4v) is 4.14. The number of sulfone groups is 1. The number of halogens is 7. The van der Waals surface area contributed by atoms with Gasteiger partial charge in [-0.1, -0.05) is 23.7 Å². The summed E-state index contributed by atoms with van der Waals surface area (Å²) in [6.45, 7) is 0.173. The molecule has 1 atom stereocenters. The molecule has 0 aliphatic carbocycles. The fraction of sp³-hybridized carbons (Fsp3) is 0.235. The predicted molar refractivity (Wildman–Crippen MR) is 93.7 cm³/mol. The standard InChI is InChI=1S/C17H12ClF6NO4S/c1-15(27,17(22,23)24)14(26)25-11-4-2-3-5-13(11)30(28,29)12-7-6-9(8-10(12)18)16(19,20)21/h2-8,27H,1H3,(H,25,26)/t15-/m1/s1. The van der Waals surface area contributed by atoms with E-state index in [1.165, 1.54) is 12.1 Å². The third kappa shape index (κ3) is 4.55. The van der Waals surface area contributed by atoms with Crippen LogP contribution in [0.4, 0.5) is 32.0 Å². The van der Waals surface area contributed by atoms with Crippen LogP contribution in [0, 0.1) is 0 Å². The number of amides is 1. The molecule has 0 bridgehead atoms. The molecule has 5 nitrogen and oxygen atoms in total. The lowest BCUT2D eigenvalue weighted by Crippen LogP contribution is -2.52. The quantitative estimate of drug-likeness (QED) is 0.640. The van der Waals surface area contributed by atoms with Crippen LogP contribution in [0.25, 0.3) is 0 Å². The zero-order chi connectivity index (χ0) is 23.1. The second-order valence-electron chi connectivity index (χ2n) is 6.17. The maximum atomic E-state index is 12.9. The lowest BCUT2D eigenvalue weighted by Gasteiger charge is -2.25. The van der Waals surface area contributed by atoms with Crippen molar-refractivity contribution in [1.29, 1.82) is 0 Å². The highest BCUT2D eigenvalue weighted by atomic mass is 35.5. The van der Waals surface area contributed by atoms with Crippen molar-refractivity contribution in [2.75, 3.05) is 5.32 Å². The van der Waals surface area contributed by atoms with Crippen molar-refractivity contribution in [3.8, 4) is 0 Å². The molecule has 2 N–H and O–H groups in total. The first-order chi connectivity index (χ1) is 13.5. The summed E-state index contributed by atoms with van der Waals surface area (Å²) in [5.41, 5.74) is -5.69. The topological polar surface area (TPSA) is 83.5 Å². The van der Waals surface area contributed by atoms with Gasteiger partial charge in [0.1, 0.15) is 0 Å². The van der Waals surface area contributed by atoms with Crippen molar-refractivity contribution in [2.45, 2.75) is 34.7 Å². The largest absolute Gasteiger partial charge is 0.426 e. The second-order valence-corrected chi connectivity index (χ2v) is 8.46. The van der Waals surface area contributed by atoms with Gasteiger partial charge >= 0.3 is 12.4 Å². The Morgan fingerprint density at radius 2 is 1.57 bits per heavy atom. The minimum absolute atomic E-state index is 0.173. The molecule has 1 amide bonds. The van der Waals surface area contributed by atoms with Crippen molar-refractivity contribution < 1.29 is 44.7 Å². The lowest BCUT2D eigenvalue weighted by molar-refractivity contribution is -0.242. The molecular weight excluding hydrogens is 464 g/mol. The molecule has 2 rings (SSSR count). The molecule has 0 fully saturated rings. The highest BCUT2D eigenvalue weighted by Gasteiger charge is 2.56. The summed E-state index contributed by atoms with van der Waals surface area (Å²) in [7, 11) is -4.67. The van der Waals surface area contributed by atoms with E-state index in [0.717, 1.165) is 12.1 Å². The molecule has 0 radical (unpaired) electrons. The lowest BCUT2D eigenvalue weighted by atomic mass is 10.1. The molecule has 0 saturated carbocycles. The van der Waals surface area contributed by atoms with Crippen molar-refractivity contribution in [1.82, 2.24) is 0 Å². The number of hydrogen-bond acceptors (Lipinski definition) is 4. The Bertz CT molecular complexity index is 1080. The van der Waals surface area contributed by atoms with E-state index in [1.54, 1.807) is 5.32 Å². The molecule has 0 aliphatic rings. The SMILES string of the molecule is C[C@@](O)(C(=O)Nc1ccccc1S(=O)(=O)c1ccc(C(F)(F)F)cc1Cl)C(F)(F)F. The first-order valence-corrected chi connectivity index (χ1v) is 9.67. The van der Waals surface area contributed by atoms with Crippen molar-refractivity contribution >= 4 is 33.0 Å². The molecule has 0 aromatic heterocycles. The van der Waals surface area contributed by atoms with Crippen LogP contribution in [-0.4, -0.2) is 31.2 Å². The average molecular weight is 476 g/mol. The van der Waals surface area contributed by atoms with E-state index < -0.39 is 59.8 Å². The Kier molecular flexibility index (Phi) is 6.19. The van der Waals surface area contributed by atoms with Gasteiger partial charge in [-0.15, -0.1) is 0 Å². The van der Waals surface area contributed by atoms with Gasteiger partial charge in [0.2, 0.25) is 15.4 Å². The van der Waals surface area contributed by atoms with Crippen LogP contribution < -0.4 is 5.32 Å². The van der Waals surface area contributed by atoms with Crippen molar-refractivity contribution in [3.05, 3.63) is 53.1 Å². The molecule has 0 saturated heterocycles. The number of rotatable bonds is 4. The molecule has 2 aromatic rings. The minimum Gasteiger partial charge on any atom is -0.373 e. The fourth-order valence-electron chi connectivity index (χ4n) is 2.19. The Balaban J connectivity index is 2.53. The Labute approximate surface area is 171 Å². The molecule has 13 heteroatoms. The monoisotopic (exact) mass is 475 g/mol. The summed E-state index contributed by atoms with van der Waals surface area (Å²) in [6, 6.07) is 5.63. The number of anilines is 1. The summed E-state index contributed by atoms with van der Waals surface area (Å²) in [6.07, 6.45) is -10.2. The highest BCUT2D eigenvalue weighted by Crippen LogP contribution is 2.37. The van der Waals surface area contributed by atoms with Crippen LogP contribution in [-0.2, 0) is 20.8 Å². The van der Waals surface area contributed by atoms with Crippen molar-refractivity contribution in [2.24, 2.45) is 0 Å². The van der Waals surface area contributed by atoms with Gasteiger partial charge in [0.05, 0.1) is 26.1 Å². The third-order valence-corrected chi connectivity index (χ3v) is 6.26. The smallest absolute Gasteiger partial charge is 0.373 e. The number of carbonyl (C=O) groups is 1. The number of nitrogens with one attached hydrogen (secondary N) is 1. The number of aliphatic hydroxyl groups is 1. The van der Waals surface area contributed by atoms with E-state index in [4.69, 9.17) is 11.6 Å². The summed E-state index contributed by atoms with van der Waals surface area (Å²) in [4.78, 5) is 10.4. The maximum Gasteiger partial charge on any atom is 0.426 e. The van der Waals surface area contributed by atoms with E-state index in [-0.39, 0.29) is 6.92 Å². The van der Waals surface area contributed by atoms with Crippen LogP contribution >= 0.6 is 11.6 Å². The van der Waals surface area contributed by atoms with E-state index in [0.29, 0.717) is 18.2 Å². The van der Waals surface area contributed by atoms with Gasteiger partial charge < -0.3 is 10.4 Å². The Morgan fingerprint density at radius 1 is 1.00 bits per heavy atom. The second kappa shape index (κ2) is 7.75. The molecule has 0 aliphatic heterocycles. The van der Waals surface area contributed by atoms with Crippen LogP contribution in [0.5, 0.6) is 0 Å². The first-order valence-electron chi connectivity index (χ1n) is 7.81. The van der Waals surface area contributed by atoms with Gasteiger partial charge in [-0.3, -0.25) is 4.79 Å². The number of hydrogen-bond donors (Lipinski definition) is 2. The van der Waals surface area contributed by atoms with Gasteiger partial charge in [0.15, 0.2) is 0 Å². The van der Waals surface area contributed by atoms with E-state index in [2.05, 4.69) is 0 Å². The Morgan fingerprint density at radius 3 is 2.07 bits per heavy atom. The zero-order valence-electron chi connectivity index (χ0n) is 14.8. The molecule has 30 heavy (non-hydrogen) atoms. The normalized spacial score (nSPS) is 14.8. The summed E-state index contributed by atoms with van der Waals surface area (Å²) in [5, 5.41) is 10.3. The number of benzene rings is 2. The number of alkyl halides is 6. The molecule has 0 heterocycles. The first kappa shape index (κ1) is 24.0. The third-order valence-electron chi connectivity index (χ3n) is 3.97. The highest BCUT2D eigenvalue weighted by molar-refractivity contribution is 7.91. The van der Waals surface area contributed by atoms with Crippen LogP contribution in [0.2, 0.25) is 5.02 Å². The number of carbonyl (C=O) groups excluding carboxylic acids is 1. The van der Waals surface area contributed by atoms with Gasteiger partial charge in [0, 0.05) is 0 Å². The maximum absolute atomic E-state index is 12.9. The van der Waals surface area contributed by atoms with Crippen LogP contribution in [0.15, 0.2) is 52.3 Å². The average Bonchev–Trinajstić information content (AvgIpc) is 2.59. The molecule has 0 unspecified atom stereocenters. The van der Waals surface area contributed by atoms with E-state index in [9.17, 15) is 44.7 Å². The number of para-hydroxylation sites is 1. The molecule has 0 spiro atoms. The molecular formula is C17H12ClF6NO4S. The van der Waals surface area contributed by atoms with E-state index >= 15 is 0 Å². The molecule has 164 valence electrons. The van der Waals surface area contributed by atoms with Gasteiger partial charge in [0.25, 0.3) is 5.91 Å². The van der Waals surface area contributed by atoms with Crippen LogP contribution in [0.3, 0.4) is 0 Å². The van der Waals surface area contributed by atoms with Gasteiger partial charge in [-0.05, 0) is 37.3 Å². The molecule has 2 aromatic carbocycles. The zero-order valence-corrected chi connectivity index (χ0v) is 16.3. The summed E-state index contributed by atoms with van der Waals surface area (Å²) >= 11 is 5.71. The van der Waals surface area contributed by atoms with Crippen LogP contribution in [0.1, 0.15) is 12.5 Å². The summed E-state index contributed by atoms with van der Waals surface area (Å²) < 4.78 is 103. The predicted octanol–water partition coefficient (Wildman–Crippen LogP) is 4.44. The van der Waals surface area contributed by atoms with Crippen molar-refractivity contribution in [3.63, 3.8) is 0 Å². The Hall–Kier alpha value is -2.31. The summed E-state index contributed by atoms with van der Waals surface area (Å²) in [5.74, 6) is -1.96. The van der Waals surface area contributed by atoms with Gasteiger partial charge in [-0.25, -0.2) is 8.42 Å². The van der Waals surface area contributed by atoms with E-state index in [1.807, 2.05) is 0 Å². The van der Waals surface area contributed by atoms with Gasteiger partial charge in [-0.2, -0.15) is 26.3 Å². The minimum atomic E-state index is -5.36.